The molecule has 0 aliphatic heterocycles. The minimum atomic E-state index is 0.480. The summed E-state index contributed by atoms with van der Waals surface area (Å²) >= 11 is 0. The number of benzene rings is 2. The van der Waals surface area contributed by atoms with Crippen LogP contribution in [0.4, 0.5) is 5.69 Å². The second-order valence-electron chi connectivity index (χ2n) is 6.69. The molecule has 2 aromatic carbocycles. The van der Waals surface area contributed by atoms with Crippen molar-refractivity contribution in [2.75, 3.05) is 5.32 Å². The van der Waals surface area contributed by atoms with Gasteiger partial charge in [0.05, 0.1) is 0 Å². The number of ether oxygens (including phenoxy) is 1. The fraction of sp³-hybridized carbons (Fsp3) is 0.368. The lowest BCUT2D eigenvalue weighted by Crippen LogP contribution is -2.17. The van der Waals surface area contributed by atoms with Crippen molar-refractivity contribution in [1.29, 1.82) is 0 Å². The summed E-state index contributed by atoms with van der Waals surface area (Å²) in [5, 5.41) is 3.63. The van der Waals surface area contributed by atoms with E-state index in [1.807, 2.05) is 42.5 Å². The molecule has 0 aromatic heterocycles. The summed E-state index contributed by atoms with van der Waals surface area (Å²) in [4.78, 5) is 0. The highest BCUT2D eigenvalue weighted by Gasteiger charge is 2.30. The zero-order valence-electron chi connectivity index (χ0n) is 12.8. The molecule has 2 nitrogen and oxygen atoms in total. The van der Waals surface area contributed by atoms with Crippen LogP contribution in [0, 0.1) is 5.41 Å². The average Bonchev–Trinajstić information content (AvgIpc) is 2.81. The molecule has 1 aliphatic rings. The van der Waals surface area contributed by atoms with Gasteiger partial charge in [0.25, 0.3) is 0 Å². The van der Waals surface area contributed by atoms with Gasteiger partial charge in [-0.3, -0.25) is 0 Å². The topological polar surface area (TPSA) is 21.3 Å². The Morgan fingerprint density at radius 1 is 0.952 bits per heavy atom. The van der Waals surface area contributed by atoms with Crippen molar-refractivity contribution in [3.63, 3.8) is 0 Å². The van der Waals surface area contributed by atoms with E-state index in [-0.39, 0.29) is 0 Å². The van der Waals surface area contributed by atoms with Crippen molar-refractivity contribution in [3.05, 3.63) is 54.6 Å². The molecule has 1 saturated carbocycles. The van der Waals surface area contributed by atoms with Crippen LogP contribution in [0.15, 0.2) is 54.6 Å². The monoisotopic (exact) mass is 281 g/mol. The summed E-state index contributed by atoms with van der Waals surface area (Å²) in [7, 11) is 0. The molecule has 110 valence electrons. The van der Waals surface area contributed by atoms with Crippen LogP contribution in [0.1, 0.15) is 33.1 Å². The van der Waals surface area contributed by atoms with E-state index in [0.717, 1.165) is 11.5 Å². The third kappa shape index (κ3) is 3.78. The molecule has 1 aliphatic carbocycles. The quantitative estimate of drug-likeness (QED) is 0.802. The van der Waals surface area contributed by atoms with E-state index >= 15 is 0 Å². The van der Waals surface area contributed by atoms with Gasteiger partial charge in [-0.1, -0.05) is 32.0 Å². The second kappa shape index (κ2) is 5.80. The van der Waals surface area contributed by atoms with Crippen LogP contribution in [-0.4, -0.2) is 6.04 Å². The molecular weight excluding hydrogens is 258 g/mol. The number of para-hydroxylation sites is 1. The van der Waals surface area contributed by atoms with Crippen LogP contribution in [0.5, 0.6) is 11.5 Å². The Hall–Kier alpha value is -1.96. The minimum absolute atomic E-state index is 0.480. The lowest BCUT2D eigenvalue weighted by atomic mass is 9.92. The third-order valence-corrected chi connectivity index (χ3v) is 4.17. The first-order valence-corrected chi connectivity index (χ1v) is 7.70. The Morgan fingerprint density at radius 3 is 2.24 bits per heavy atom. The predicted octanol–water partition coefficient (Wildman–Crippen LogP) is 5.47. The van der Waals surface area contributed by atoms with E-state index in [1.54, 1.807) is 0 Å². The maximum Gasteiger partial charge on any atom is 0.127 e. The summed E-state index contributed by atoms with van der Waals surface area (Å²) in [6.07, 6.45) is 3.81. The Labute approximate surface area is 127 Å². The fourth-order valence-corrected chi connectivity index (χ4v) is 3.04. The van der Waals surface area contributed by atoms with Gasteiger partial charge in [-0.25, -0.2) is 0 Å². The molecule has 21 heavy (non-hydrogen) atoms. The van der Waals surface area contributed by atoms with Crippen molar-refractivity contribution in [3.8, 4) is 11.5 Å². The van der Waals surface area contributed by atoms with Crippen LogP contribution in [0.2, 0.25) is 0 Å². The van der Waals surface area contributed by atoms with Crippen molar-refractivity contribution in [2.45, 2.75) is 39.2 Å². The summed E-state index contributed by atoms with van der Waals surface area (Å²) in [6.45, 7) is 4.71. The summed E-state index contributed by atoms with van der Waals surface area (Å²) in [5.74, 6) is 1.74. The van der Waals surface area contributed by atoms with Crippen molar-refractivity contribution >= 4 is 5.69 Å². The number of rotatable bonds is 4. The van der Waals surface area contributed by atoms with E-state index in [2.05, 4.69) is 31.3 Å². The average molecular weight is 281 g/mol. The van der Waals surface area contributed by atoms with Crippen LogP contribution >= 0.6 is 0 Å². The maximum atomic E-state index is 5.81. The summed E-state index contributed by atoms with van der Waals surface area (Å²) in [5.41, 5.74) is 1.66. The number of nitrogens with one attached hydrogen (secondary N) is 1. The molecular formula is C19H23NO. The first kappa shape index (κ1) is 14.0. The maximum absolute atomic E-state index is 5.81. The van der Waals surface area contributed by atoms with E-state index in [4.69, 9.17) is 4.74 Å². The molecule has 1 fully saturated rings. The molecule has 0 radical (unpaired) electrons. The van der Waals surface area contributed by atoms with E-state index < -0.39 is 0 Å². The number of anilines is 1. The predicted molar refractivity (Wildman–Crippen MR) is 88.0 cm³/mol. The lowest BCUT2D eigenvalue weighted by Gasteiger charge is -2.18. The Kier molecular flexibility index (Phi) is 3.87. The molecule has 2 aromatic rings. The molecule has 1 N–H and O–H groups in total. The van der Waals surface area contributed by atoms with Gasteiger partial charge in [0.2, 0.25) is 0 Å². The molecule has 2 heteroatoms. The van der Waals surface area contributed by atoms with Crippen LogP contribution in [-0.2, 0) is 0 Å². The first-order chi connectivity index (χ1) is 10.1. The number of hydrogen-bond donors (Lipinski definition) is 1. The van der Waals surface area contributed by atoms with E-state index in [9.17, 15) is 0 Å². The fourth-order valence-electron chi connectivity index (χ4n) is 3.04. The van der Waals surface area contributed by atoms with Gasteiger partial charge in [0.1, 0.15) is 11.5 Å². The highest BCUT2D eigenvalue weighted by molar-refractivity contribution is 5.48. The standard InChI is InChI=1S/C19H23NO/c1-19(2)13-12-16(14-19)20-15-8-10-18(11-9-15)21-17-6-4-3-5-7-17/h3-11,16,20H,12-14H2,1-2H3. The zero-order chi connectivity index (χ0) is 14.7. The third-order valence-electron chi connectivity index (χ3n) is 4.17. The van der Waals surface area contributed by atoms with Crippen LogP contribution in [0.3, 0.4) is 0 Å². The van der Waals surface area contributed by atoms with Crippen LogP contribution < -0.4 is 10.1 Å². The van der Waals surface area contributed by atoms with Gasteiger partial charge in [-0.2, -0.15) is 0 Å². The lowest BCUT2D eigenvalue weighted by molar-refractivity contribution is 0.378. The van der Waals surface area contributed by atoms with Gasteiger partial charge in [0, 0.05) is 11.7 Å². The summed E-state index contributed by atoms with van der Waals surface area (Å²) in [6, 6.07) is 18.7. The molecule has 1 atom stereocenters. The van der Waals surface area contributed by atoms with Gasteiger partial charge in [-0.15, -0.1) is 0 Å². The molecule has 0 amide bonds. The first-order valence-electron chi connectivity index (χ1n) is 7.70. The summed E-state index contributed by atoms with van der Waals surface area (Å²) < 4.78 is 5.81. The van der Waals surface area contributed by atoms with Crippen molar-refractivity contribution < 1.29 is 4.74 Å². The minimum Gasteiger partial charge on any atom is -0.457 e. The number of hydrogen-bond acceptors (Lipinski definition) is 2. The molecule has 0 spiro atoms. The van der Waals surface area contributed by atoms with Gasteiger partial charge >= 0.3 is 0 Å². The van der Waals surface area contributed by atoms with Crippen LogP contribution in [0.25, 0.3) is 0 Å². The van der Waals surface area contributed by atoms with Gasteiger partial charge in [0.15, 0.2) is 0 Å². The Balaban J connectivity index is 1.60. The molecule has 0 heterocycles. The van der Waals surface area contributed by atoms with E-state index in [0.29, 0.717) is 11.5 Å². The van der Waals surface area contributed by atoms with Crippen molar-refractivity contribution in [1.82, 2.24) is 0 Å². The molecule has 1 unspecified atom stereocenters. The Morgan fingerprint density at radius 2 is 1.62 bits per heavy atom. The largest absolute Gasteiger partial charge is 0.457 e. The SMILES string of the molecule is CC1(C)CCC(Nc2ccc(Oc3ccccc3)cc2)C1. The highest BCUT2D eigenvalue weighted by Crippen LogP contribution is 2.38. The molecule has 3 rings (SSSR count). The van der Waals surface area contributed by atoms with Gasteiger partial charge in [-0.05, 0) is 61.1 Å². The van der Waals surface area contributed by atoms with Crippen molar-refractivity contribution in [2.24, 2.45) is 5.41 Å². The molecule has 0 bridgehead atoms. The normalized spacial score (nSPS) is 20.2. The van der Waals surface area contributed by atoms with Gasteiger partial charge < -0.3 is 10.1 Å². The Bertz CT molecular complexity index is 574. The molecule has 0 saturated heterocycles. The van der Waals surface area contributed by atoms with E-state index in [1.165, 1.54) is 24.9 Å². The highest BCUT2D eigenvalue weighted by atomic mass is 16.5. The second-order valence-corrected chi connectivity index (χ2v) is 6.69. The zero-order valence-corrected chi connectivity index (χ0v) is 12.8. The smallest absolute Gasteiger partial charge is 0.127 e.